The minimum atomic E-state index is -3.64. The van der Waals surface area contributed by atoms with Gasteiger partial charge in [0.1, 0.15) is 11.5 Å². The predicted octanol–water partition coefficient (Wildman–Crippen LogP) is 3.95. The molecule has 0 unspecified atom stereocenters. The highest BCUT2D eigenvalue weighted by Gasteiger charge is 2.49. The first-order chi connectivity index (χ1) is 13.4. The molecular weight excluding hydrogens is 372 g/mol. The molecule has 4 rings (SSSR count). The SMILES string of the molecule is COc1ccc([C@@H]2[C@@H](C(=O)CS(=O)(=O)c3ccc(C)cc3)[C@H]3C=C[C@@H]2C3)cc1. The first-order valence-electron chi connectivity index (χ1n) is 9.53. The molecule has 5 heteroatoms. The van der Waals surface area contributed by atoms with Crippen molar-refractivity contribution in [3.63, 3.8) is 0 Å². The summed E-state index contributed by atoms with van der Waals surface area (Å²) in [5, 5.41) is 0. The molecule has 0 amide bonds. The number of carbonyl (C=O) groups is 1. The van der Waals surface area contributed by atoms with E-state index in [1.165, 1.54) is 0 Å². The van der Waals surface area contributed by atoms with E-state index in [2.05, 4.69) is 12.2 Å². The molecule has 2 aromatic carbocycles. The molecule has 2 aliphatic rings. The van der Waals surface area contributed by atoms with Gasteiger partial charge >= 0.3 is 0 Å². The molecule has 0 spiro atoms. The molecule has 28 heavy (non-hydrogen) atoms. The summed E-state index contributed by atoms with van der Waals surface area (Å²) >= 11 is 0. The van der Waals surface area contributed by atoms with Crippen LogP contribution in [0.5, 0.6) is 5.75 Å². The van der Waals surface area contributed by atoms with Gasteiger partial charge in [0.05, 0.1) is 12.0 Å². The summed E-state index contributed by atoms with van der Waals surface area (Å²) in [7, 11) is -2.02. The normalized spacial score (nSPS) is 25.8. The van der Waals surface area contributed by atoms with Crippen molar-refractivity contribution in [1.29, 1.82) is 0 Å². The first kappa shape index (κ1) is 18.9. The standard InChI is InChI=1S/C23H24O4S/c1-15-3-11-20(12-4-15)28(25,26)14-21(24)23-18-6-5-17(13-18)22(23)16-7-9-19(27-2)10-8-16/h3-12,17-18,22-23H,13-14H2,1-2H3/t17-,18+,22+,23-/m1/s1. The number of ketones is 1. The Balaban J connectivity index is 1.60. The van der Waals surface area contributed by atoms with E-state index in [4.69, 9.17) is 4.74 Å². The van der Waals surface area contributed by atoms with Crippen LogP contribution in [0.4, 0.5) is 0 Å². The lowest BCUT2D eigenvalue weighted by Crippen LogP contribution is -2.31. The maximum absolute atomic E-state index is 13.2. The van der Waals surface area contributed by atoms with Crippen LogP contribution in [0, 0.1) is 24.7 Å². The lowest BCUT2D eigenvalue weighted by atomic mass is 9.76. The van der Waals surface area contributed by atoms with Crippen LogP contribution >= 0.6 is 0 Å². The number of allylic oxidation sites excluding steroid dienone is 2. The Morgan fingerprint density at radius 3 is 2.29 bits per heavy atom. The molecule has 2 bridgehead atoms. The summed E-state index contributed by atoms with van der Waals surface area (Å²) in [6, 6.07) is 14.5. The summed E-state index contributed by atoms with van der Waals surface area (Å²) < 4.78 is 30.8. The van der Waals surface area contributed by atoms with Gasteiger partial charge in [-0.15, -0.1) is 0 Å². The van der Waals surface area contributed by atoms with Crippen molar-refractivity contribution >= 4 is 15.6 Å². The molecule has 2 aliphatic carbocycles. The van der Waals surface area contributed by atoms with Crippen molar-refractivity contribution in [2.45, 2.75) is 24.2 Å². The van der Waals surface area contributed by atoms with Gasteiger partial charge in [-0.25, -0.2) is 8.42 Å². The van der Waals surface area contributed by atoms with E-state index >= 15 is 0 Å². The maximum Gasteiger partial charge on any atom is 0.185 e. The van der Waals surface area contributed by atoms with Crippen LogP contribution in [0.3, 0.4) is 0 Å². The number of carbonyl (C=O) groups excluding carboxylic acids is 1. The Kier molecular flexibility index (Phi) is 4.88. The lowest BCUT2D eigenvalue weighted by molar-refractivity contribution is -0.121. The third kappa shape index (κ3) is 3.39. The van der Waals surface area contributed by atoms with Gasteiger partial charge in [0.25, 0.3) is 0 Å². The fraction of sp³-hybridized carbons (Fsp3) is 0.348. The second kappa shape index (κ2) is 7.21. The molecule has 0 heterocycles. The van der Waals surface area contributed by atoms with Crippen LogP contribution in [-0.4, -0.2) is 27.1 Å². The van der Waals surface area contributed by atoms with E-state index in [1.807, 2.05) is 31.2 Å². The minimum absolute atomic E-state index is 0.0293. The maximum atomic E-state index is 13.2. The number of methoxy groups -OCH3 is 1. The van der Waals surface area contributed by atoms with Crippen LogP contribution in [0.25, 0.3) is 0 Å². The number of fused-ring (bicyclic) bond motifs is 2. The summed E-state index contributed by atoms with van der Waals surface area (Å²) in [4.78, 5) is 13.4. The largest absolute Gasteiger partial charge is 0.497 e. The zero-order valence-corrected chi connectivity index (χ0v) is 16.9. The number of hydrogen-bond donors (Lipinski definition) is 0. The van der Waals surface area contributed by atoms with Gasteiger partial charge < -0.3 is 4.74 Å². The van der Waals surface area contributed by atoms with E-state index in [0.29, 0.717) is 0 Å². The topological polar surface area (TPSA) is 60.4 Å². The average Bonchev–Trinajstić information content (AvgIpc) is 3.29. The molecule has 2 aromatic rings. The highest BCUT2D eigenvalue weighted by molar-refractivity contribution is 7.92. The zero-order chi connectivity index (χ0) is 19.9. The average molecular weight is 397 g/mol. The van der Waals surface area contributed by atoms with Crippen molar-refractivity contribution < 1.29 is 17.9 Å². The summed E-state index contributed by atoms with van der Waals surface area (Å²) in [6.45, 7) is 1.91. The third-order valence-corrected chi connectivity index (χ3v) is 7.70. The molecule has 146 valence electrons. The molecule has 0 radical (unpaired) electrons. The Bertz CT molecular complexity index is 1000. The molecule has 1 fully saturated rings. The van der Waals surface area contributed by atoms with Gasteiger partial charge in [0, 0.05) is 11.8 Å². The van der Waals surface area contributed by atoms with Crippen LogP contribution in [0.2, 0.25) is 0 Å². The summed E-state index contributed by atoms with van der Waals surface area (Å²) in [5.74, 6) is 0.299. The van der Waals surface area contributed by atoms with Gasteiger partial charge in [0.15, 0.2) is 15.6 Å². The Morgan fingerprint density at radius 1 is 1.00 bits per heavy atom. The van der Waals surface area contributed by atoms with Crippen molar-refractivity contribution in [3.8, 4) is 5.75 Å². The van der Waals surface area contributed by atoms with Gasteiger partial charge in [0.2, 0.25) is 0 Å². The second-order valence-electron chi connectivity index (χ2n) is 7.81. The van der Waals surface area contributed by atoms with Gasteiger partial charge in [-0.3, -0.25) is 4.79 Å². The van der Waals surface area contributed by atoms with E-state index in [1.54, 1.807) is 31.4 Å². The number of hydrogen-bond acceptors (Lipinski definition) is 4. The molecular formula is C23H24O4S. The van der Waals surface area contributed by atoms with E-state index in [9.17, 15) is 13.2 Å². The molecule has 1 saturated carbocycles. The quantitative estimate of drug-likeness (QED) is 0.694. The van der Waals surface area contributed by atoms with E-state index < -0.39 is 15.6 Å². The fourth-order valence-electron chi connectivity index (χ4n) is 4.65. The van der Waals surface area contributed by atoms with E-state index in [-0.39, 0.29) is 34.4 Å². The predicted molar refractivity (Wildman–Crippen MR) is 108 cm³/mol. The molecule has 0 aliphatic heterocycles. The number of aryl methyl sites for hydroxylation is 1. The zero-order valence-electron chi connectivity index (χ0n) is 16.0. The molecule has 0 N–H and O–H groups in total. The van der Waals surface area contributed by atoms with Crippen LogP contribution in [-0.2, 0) is 14.6 Å². The van der Waals surface area contributed by atoms with Crippen molar-refractivity contribution in [1.82, 2.24) is 0 Å². The fourth-order valence-corrected chi connectivity index (χ4v) is 5.94. The highest BCUT2D eigenvalue weighted by atomic mass is 32.2. The molecule has 0 saturated heterocycles. The lowest BCUT2D eigenvalue weighted by Gasteiger charge is -2.27. The third-order valence-electron chi connectivity index (χ3n) is 6.04. The number of Topliss-reactive ketones (excluding diaryl/α,β-unsaturated/α-hetero) is 1. The Labute approximate surface area is 166 Å². The van der Waals surface area contributed by atoms with E-state index in [0.717, 1.165) is 23.3 Å². The van der Waals surface area contributed by atoms with Crippen LogP contribution < -0.4 is 4.74 Å². The molecule has 4 nitrogen and oxygen atoms in total. The van der Waals surface area contributed by atoms with Gasteiger partial charge in [-0.1, -0.05) is 42.0 Å². The highest BCUT2D eigenvalue weighted by Crippen LogP contribution is 2.53. The van der Waals surface area contributed by atoms with Crippen molar-refractivity contribution in [2.24, 2.45) is 17.8 Å². The number of benzene rings is 2. The monoisotopic (exact) mass is 396 g/mol. The molecule has 4 atom stereocenters. The minimum Gasteiger partial charge on any atom is -0.497 e. The smallest absolute Gasteiger partial charge is 0.185 e. The Hall–Kier alpha value is -2.40. The number of sulfone groups is 1. The summed E-state index contributed by atoms with van der Waals surface area (Å²) in [5.41, 5.74) is 2.06. The van der Waals surface area contributed by atoms with Gasteiger partial charge in [-0.2, -0.15) is 0 Å². The van der Waals surface area contributed by atoms with Crippen molar-refractivity contribution in [3.05, 3.63) is 71.8 Å². The molecule has 0 aromatic heterocycles. The van der Waals surface area contributed by atoms with Gasteiger partial charge in [-0.05, 0) is 55.0 Å². The number of ether oxygens (including phenoxy) is 1. The van der Waals surface area contributed by atoms with Crippen LogP contribution in [0.15, 0.2) is 65.6 Å². The first-order valence-corrected chi connectivity index (χ1v) is 11.2. The number of rotatable bonds is 6. The Morgan fingerprint density at radius 2 is 1.64 bits per heavy atom. The van der Waals surface area contributed by atoms with Crippen molar-refractivity contribution in [2.75, 3.05) is 12.9 Å². The summed E-state index contributed by atoms with van der Waals surface area (Å²) in [6.07, 6.45) is 5.18. The van der Waals surface area contributed by atoms with Crippen LogP contribution in [0.1, 0.15) is 23.5 Å². The second-order valence-corrected chi connectivity index (χ2v) is 9.80.